The van der Waals surface area contributed by atoms with Crippen molar-refractivity contribution in [2.24, 2.45) is 0 Å². The lowest BCUT2D eigenvalue weighted by molar-refractivity contribution is 0.103. The number of nitrogens with one attached hydrogen (secondary N) is 1. The second kappa shape index (κ2) is 7.30. The van der Waals surface area contributed by atoms with Gasteiger partial charge in [-0.2, -0.15) is 0 Å². The highest BCUT2D eigenvalue weighted by atomic mass is 16.5. The molecule has 0 atom stereocenters. The number of para-hydroxylation sites is 2. The lowest BCUT2D eigenvalue weighted by atomic mass is 10.0. The first-order valence-corrected chi connectivity index (χ1v) is 8.66. The van der Waals surface area contributed by atoms with Crippen molar-refractivity contribution in [3.63, 3.8) is 0 Å². The van der Waals surface area contributed by atoms with Gasteiger partial charge in [0, 0.05) is 22.6 Å². The number of pyridine rings is 1. The molecule has 0 aliphatic rings. The summed E-state index contributed by atoms with van der Waals surface area (Å²) in [4.78, 5) is 17.6. The highest BCUT2D eigenvalue weighted by Gasteiger charge is 2.14. The molecular weight excluding hydrogens is 336 g/mol. The van der Waals surface area contributed by atoms with Crippen LogP contribution in [0.4, 0.5) is 11.5 Å². The zero-order chi connectivity index (χ0) is 18.6. The largest absolute Gasteiger partial charge is 0.496 e. The molecule has 0 aliphatic carbocycles. The Labute approximate surface area is 157 Å². The van der Waals surface area contributed by atoms with Crippen LogP contribution in [0.15, 0.2) is 84.9 Å². The predicted molar refractivity (Wildman–Crippen MR) is 108 cm³/mol. The lowest BCUT2D eigenvalue weighted by Crippen LogP contribution is -2.06. The number of hydrogen-bond donors (Lipinski definition) is 1. The SMILES string of the molecule is COc1cc(Nc2ccccc2C(=O)c2ccccc2)nc2ccccc12. The van der Waals surface area contributed by atoms with E-state index >= 15 is 0 Å². The minimum atomic E-state index is -0.0357. The first-order chi connectivity index (χ1) is 13.3. The molecule has 0 amide bonds. The number of nitrogens with zero attached hydrogens (tertiary/aromatic N) is 1. The van der Waals surface area contributed by atoms with Crippen LogP contribution in [0.2, 0.25) is 0 Å². The van der Waals surface area contributed by atoms with Gasteiger partial charge in [0.25, 0.3) is 0 Å². The smallest absolute Gasteiger partial charge is 0.195 e. The van der Waals surface area contributed by atoms with Crippen LogP contribution >= 0.6 is 0 Å². The average molecular weight is 354 g/mol. The first kappa shape index (κ1) is 16.8. The zero-order valence-electron chi connectivity index (χ0n) is 14.8. The molecule has 3 aromatic carbocycles. The summed E-state index contributed by atoms with van der Waals surface area (Å²) in [7, 11) is 1.64. The Hall–Kier alpha value is -3.66. The molecule has 0 saturated carbocycles. The van der Waals surface area contributed by atoms with Gasteiger partial charge in [0.15, 0.2) is 5.78 Å². The maximum Gasteiger partial charge on any atom is 0.195 e. The van der Waals surface area contributed by atoms with Crippen molar-refractivity contribution in [2.75, 3.05) is 12.4 Å². The quantitative estimate of drug-likeness (QED) is 0.499. The topological polar surface area (TPSA) is 51.2 Å². The molecule has 0 spiro atoms. The molecule has 4 rings (SSSR count). The van der Waals surface area contributed by atoms with E-state index in [1.165, 1.54) is 0 Å². The molecule has 4 aromatic rings. The molecule has 1 aromatic heterocycles. The van der Waals surface area contributed by atoms with E-state index in [0.29, 0.717) is 22.6 Å². The van der Waals surface area contributed by atoms with Gasteiger partial charge in [-0.3, -0.25) is 4.79 Å². The standard InChI is InChI=1S/C23H18N2O2/c1-27-21-15-22(24-19-13-7-5-11-17(19)21)25-20-14-8-6-12-18(20)23(26)16-9-3-2-4-10-16/h2-15H,1H3,(H,24,25). The van der Waals surface area contributed by atoms with Gasteiger partial charge in [-0.15, -0.1) is 0 Å². The summed E-state index contributed by atoms with van der Waals surface area (Å²) in [5.74, 6) is 1.32. The van der Waals surface area contributed by atoms with Gasteiger partial charge in [0.05, 0.1) is 18.3 Å². The van der Waals surface area contributed by atoms with Gasteiger partial charge in [-0.1, -0.05) is 54.6 Å². The van der Waals surface area contributed by atoms with E-state index in [2.05, 4.69) is 10.3 Å². The highest BCUT2D eigenvalue weighted by molar-refractivity contribution is 6.12. The number of fused-ring (bicyclic) bond motifs is 1. The van der Waals surface area contributed by atoms with E-state index in [4.69, 9.17) is 4.74 Å². The highest BCUT2D eigenvalue weighted by Crippen LogP contribution is 2.30. The summed E-state index contributed by atoms with van der Waals surface area (Å²) >= 11 is 0. The van der Waals surface area contributed by atoms with Gasteiger partial charge < -0.3 is 10.1 Å². The van der Waals surface area contributed by atoms with Crippen molar-refractivity contribution in [2.45, 2.75) is 0 Å². The first-order valence-electron chi connectivity index (χ1n) is 8.66. The van der Waals surface area contributed by atoms with Crippen LogP contribution in [0.3, 0.4) is 0 Å². The molecule has 0 radical (unpaired) electrons. The number of rotatable bonds is 5. The molecule has 0 bridgehead atoms. The third kappa shape index (κ3) is 3.37. The Morgan fingerprint density at radius 3 is 2.41 bits per heavy atom. The molecular formula is C23H18N2O2. The number of ether oxygens (including phenoxy) is 1. The number of benzene rings is 3. The third-order valence-corrected chi connectivity index (χ3v) is 4.37. The van der Waals surface area contributed by atoms with Crippen molar-refractivity contribution in [1.29, 1.82) is 0 Å². The van der Waals surface area contributed by atoms with Crippen molar-refractivity contribution < 1.29 is 9.53 Å². The van der Waals surface area contributed by atoms with Crippen LogP contribution in [0, 0.1) is 0 Å². The third-order valence-electron chi connectivity index (χ3n) is 4.37. The van der Waals surface area contributed by atoms with Gasteiger partial charge in [0.2, 0.25) is 0 Å². The number of ketones is 1. The average Bonchev–Trinajstić information content (AvgIpc) is 2.73. The number of carbonyl (C=O) groups is 1. The predicted octanol–water partition coefficient (Wildman–Crippen LogP) is 5.22. The molecule has 0 saturated heterocycles. The molecule has 0 unspecified atom stereocenters. The van der Waals surface area contributed by atoms with Gasteiger partial charge >= 0.3 is 0 Å². The Kier molecular flexibility index (Phi) is 4.54. The number of anilines is 2. The van der Waals surface area contributed by atoms with E-state index in [9.17, 15) is 4.79 Å². The summed E-state index contributed by atoms with van der Waals surface area (Å²) in [5, 5.41) is 4.22. The zero-order valence-corrected chi connectivity index (χ0v) is 14.8. The maximum absolute atomic E-state index is 12.9. The Morgan fingerprint density at radius 2 is 1.59 bits per heavy atom. The summed E-state index contributed by atoms with van der Waals surface area (Å²) in [5.41, 5.74) is 2.77. The van der Waals surface area contributed by atoms with Crippen molar-refractivity contribution in [3.05, 3.63) is 96.1 Å². The molecule has 27 heavy (non-hydrogen) atoms. The summed E-state index contributed by atoms with van der Waals surface area (Å²) in [6, 6.07) is 26.3. The van der Waals surface area contributed by atoms with Gasteiger partial charge in [0.1, 0.15) is 11.6 Å². The van der Waals surface area contributed by atoms with Gasteiger partial charge in [-0.05, 0) is 24.3 Å². The monoisotopic (exact) mass is 354 g/mol. The molecule has 4 nitrogen and oxygen atoms in total. The second-order valence-corrected chi connectivity index (χ2v) is 6.09. The fourth-order valence-electron chi connectivity index (χ4n) is 3.05. The molecule has 1 N–H and O–H groups in total. The minimum absolute atomic E-state index is 0.0357. The maximum atomic E-state index is 12.9. The Morgan fingerprint density at radius 1 is 0.889 bits per heavy atom. The van der Waals surface area contributed by atoms with Crippen LogP contribution in [0.1, 0.15) is 15.9 Å². The van der Waals surface area contributed by atoms with Crippen molar-refractivity contribution >= 4 is 28.2 Å². The fourth-order valence-corrected chi connectivity index (χ4v) is 3.05. The normalized spacial score (nSPS) is 10.6. The Bertz CT molecular complexity index is 1110. The molecule has 0 fully saturated rings. The fraction of sp³-hybridized carbons (Fsp3) is 0.0435. The van der Waals surface area contributed by atoms with Crippen LogP contribution in [-0.2, 0) is 0 Å². The van der Waals surface area contributed by atoms with Crippen molar-refractivity contribution in [3.8, 4) is 5.75 Å². The van der Waals surface area contributed by atoms with Crippen LogP contribution in [0.5, 0.6) is 5.75 Å². The van der Waals surface area contributed by atoms with E-state index in [1.54, 1.807) is 7.11 Å². The molecule has 4 heteroatoms. The number of methoxy groups -OCH3 is 1. The summed E-state index contributed by atoms with van der Waals surface area (Å²) < 4.78 is 5.51. The number of carbonyl (C=O) groups excluding carboxylic acids is 1. The molecule has 1 heterocycles. The van der Waals surface area contributed by atoms with Crippen LogP contribution < -0.4 is 10.1 Å². The molecule has 0 aliphatic heterocycles. The lowest BCUT2D eigenvalue weighted by Gasteiger charge is -2.13. The number of hydrogen-bond acceptors (Lipinski definition) is 4. The van der Waals surface area contributed by atoms with Gasteiger partial charge in [-0.25, -0.2) is 4.98 Å². The van der Waals surface area contributed by atoms with E-state index in [0.717, 1.165) is 16.7 Å². The minimum Gasteiger partial charge on any atom is -0.496 e. The summed E-state index contributed by atoms with van der Waals surface area (Å²) in [6.45, 7) is 0. The van der Waals surface area contributed by atoms with Crippen LogP contribution in [0.25, 0.3) is 10.9 Å². The van der Waals surface area contributed by atoms with E-state index in [-0.39, 0.29) is 5.78 Å². The van der Waals surface area contributed by atoms with E-state index < -0.39 is 0 Å². The van der Waals surface area contributed by atoms with Crippen LogP contribution in [-0.4, -0.2) is 17.9 Å². The second-order valence-electron chi connectivity index (χ2n) is 6.09. The number of aromatic nitrogens is 1. The molecule has 132 valence electrons. The van der Waals surface area contributed by atoms with Crippen molar-refractivity contribution in [1.82, 2.24) is 4.98 Å². The Balaban J connectivity index is 1.74. The van der Waals surface area contributed by atoms with E-state index in [1.807, 2.05) is 84.9 Å². The summed E-state index contributed by atoms with van der Waals surface area (Å²) in [6.07, 6.45) is 0.